The van der Waals surface area contributed by atoms with Gasteiger partial charge in [0, 0.05) is 73.4 Å². The molecule has 16 N–H and O–H groups in total. The summed E-state index contributed by atoms with van der Waals surface area (Å²) in [6, 6.07) is 0. The molecule has 0 fully saturated rings. The van der Waals surface area contributed by atoms with E-state index in [9.17, 15) is 0 Å². The van der Waals surface area contributed by atoms with E-state index in [1.807, 2.05) is 0 Å². The summed E-state index contributed by atoms with van der Waals surface area (Å²) in [4.78, 5) is 0. The molecule has 0 aromatic rings. The van der Waals surface area contributed by atoms with Crippen molar-refractivity contribution in [3.63, 3.8) is 0 Å². The fraction of sp³-hybridized carbons (Fsp3) is 1.00. The number of hydrogen-bond acceptors (Lipinski definition) is 24. The average molecular weight is 1110 g/mol. The minimum Gasteiger partial charge on any atom is -1.00 e. The Morgan fingerprint density at radius 1 is 0.282 bits per heavy atom. The van der Waals surface area contributed by atoms with Crippen molar-refractivity contribution in [3.8, 4) is 0 Å². The van der Waals surface area contributed by atoms with Crippen LogP contribution in [0.5, 0.6) is 0 Å². The maximum Gasteiger partial charge on any atom is 2.00 e. The summed E-state index contributed by atoms with van der Waals surface area (Å²) < 4.78 is 136. The second kappa shape index (κ2) is 52.7. The van der Waals surface area contributed by atoms with Gasteiger partial charge in [-0.15, -0.1) is 41.0 Å². The van der Waals surface area contributed by atoms with Crippen LogP contribution >= 0.6 is 0 Å². The smallest absolute Gasteiger partial charge is 1.00 e. The van der Waals surface area contributed by atoms with Crippen LogP contribution in [0.15, 0.2) is 0 Å². The normalized spacial score (nSPS) is 9.23. The molecule has 0 unspecified atom stereocenters. The Hall–Kier alpha value is 2.06. The Kier molecular flexibility index (Phi) is 98.5. The third-order valence-corrected chi connectivity index (χ3v) is 0.667. The molecule has 0 saturated carbocycles. The van der Waals surface area contributed by atoms with E-state index in [0.717, 1.165) is 0 Å². The molecule has 0 amide bonds. The zero-order valence-electron chi connectivity index (χ0n) is 19.3. The van der Waals surface area contributed by atoms with Crippen LogP contribution in [0, 0.1) is 41.0 Å². The van der Waals surface area contributed by atoms with Crippen LogP contribution in [-0.4, -0.2) is 52.4 Å². The molecule has 0 atom stereocenters. The molecule has 0 aliphatic rings. The summed E-state index contributed by atoms with van der Waals surface area (Å²) in [6.07, 6.45) is 0. The Balaban J connectivity index is -0.0000000253. The van der Waals surface area contributed by atoms with Crippen LogP contribution in [-0.2, 0) is 42.1 Å². The summed E-state index contributed by atoms with van der Waals surface area (Å²) in [7, 11) is -19.8. The maximum absolute atomic E-state index is 8.49. The Labute approximate surface area is 271 Å². The van der Waals surface area contributed by atoms with Crippen LogP contribution in [0.3, 0.4) is 0 Å². The summed E-state index contributed by atoms with van der Waals surface area (Å²) in [5.74, 6) is 0. The first-order valence-electron chi connectivity index (χ1n) is 7.73. The Morgan fingerprint density at radius 2 is 0.308 bits per heavy atom. The van der Waals surface area contributed by atoms with Gasteiger partial charge in [-0.05, 0) is 0 Å². The first-order chi connectivity index (χ1) is 15.7. The van der Waals surface area contributed by atoms with Crippen LogP contribution in [0.4, 0.5) is 0 Å². The van der Waals surface area contributed by atoms with Gasteiger partial charge in [0.2, 0.25) is 0 Å². The SMILES string of the molecule is NCCN.NCCN.NCCN.NCCN.[Br-].[O-][Cl+3]([O-])([O-])[O-].[O-][Cl+3]([O-])([O-])[O-].[O-][Cl+3]([O-])([O-])[O-].[O-][Cl+3]([O-])([O-])[O-].[Pt+2].[Pt]. The minimum atomic E-state index is -4.94. The van der Waals surface area contributed by atoms with Crippen molar-refractivity contribution in [3.05, 3.63) is 0 Å². The van der Waals surface area contributed by atoms with Crippen molar-refractivity contribution in [2.45, 2.75) is 0 Å². The van der Waals surface area contributed by atoms with E-state index in [-0.39, 0.29) is 59.1 Å². The van der Waals surface area contributed by atoms with Gasteiger partial charge < -0.3 is 62.9 Å². The molecule has 0 heterocycles. The largest absolute Gasteiger partial charge is 2.00 e. The first kappa shape index (κ1) is 72.9. The first-order valence-corrected chi connectivity index (χ1v) is 12.7. The molecule has 0 aliphatic carbocycles. The third-order valence-electron chi connectivity index (χ3n) is 0.667. The molecule has 31 heteroatoms. The molecule has 0 bridgehead atoms. The summed E-state index contributed by atoms with van der Waals surface area (Å²) in [6.45, 7) is 4.78. The predicted molar refractivity (Wildman–Crippen MR) is 72.4 cm³/mol. The molecule has 0 radical (unpaired) electrons. The summed E-state index contributed by atoms with van der Waals surface area (Å²) >= 11 is 0. The molecular weight excluding hydrogens is 1080 g/mol. The molecule has 0 aromatic heterocycles. The Morgan fingerprint density at radius 3 is 0.308 bits per heavy atom. The number of rotatable bonds is 4. The fourth-order valence-electron chi connectivity index (χ4n) is 0. The standard InChI is InChI=1S/4C2H8N2.BrH.4ClHO4.2Pt/c4*3-1-2-4;;4*2-1(3,4)5;;/h4*1-4H2;1H;4*(H,2,3,4,5);;/q;;;;;;;;;;+2/p-5. The topological polar surface area (TPSA) is 577 Å². The van der Waals surface area contributed by atoms with Crippen molar-refractivity contribution in [1.29, 1.82) is 0 Å². The quantitative estimate of drug-likeness (QED) is 0.130. The van der Waals surface area contributed by atoms with Crippen LogP contribution in [0.1, 0.15) is 0 Å². The van der Waals surface area contributed by atoms with E-state index in [1.54, 1.807) is 0 Å². The van der Waals surface area contributed by atoms with E-state index in [1.165, 1.54) is 0 Å². The summed E-state index contributed by atoms with van der Waals surface area (Å²) in [5.41, 5.74) is 39.2. The minimum absolute atomic E-state index is 0. The monoisotopic (exact) mass is 1100 g/mol. The van der Waals surface area contributed by atoms with Crippen molar-refractivity contribution in [2.75, 3.05) is 52.4 Å². The summed E-state index contributed by atoms with van der Waals surface area (Å²) in [5, 5.41) is 0. The van der Waals surface area contributed by atoms with Gasteiger partial charge in [0.05, 0.1) is 0 Å². The van der Waals surface area contributed by atoms with E-state index in [2.05, 4.69) is 0 Å². The number of halogens is 5. The van der Waals surface area contributed by atoms with Crippen molar-refractivity contribution < 1.29 is 175 Å². The van der Waals surface area contributed by atoms with Crippen molar-refractivity contribution in [1.82, 2.24) is 0 Å². The molecule has 0 spiro atoms. The van der Waals surface area contributed by atoms with Crippen molar-refractivity contribution >= 4 is 0 Å². The fourth-order valence-corrected chi connectivity index (χ4v) is 0. The molecular formula is C8H32BrCl4N8O16Pt2-3. The molecule has 0 aromatic carbocycles. The molecule has 0 aliphatic heterocycles. The van der Waals surface area contributed by atoms with Crippen LogP contribution < -0.4 is 137 Å². The van der Waals surface area contributed by atoms with E-state index >= 15 is 0 Å². The van der Waals surface area contributed by atoms with E-state index in [4.69, 9.17) is 120 Å². The van der Waals surface area contributed by atoms with Gasteiger partial charge in [-0.1, -0.05) is 0 Å². The van der Waals surface area contributed by atoms with Gasteiger partial charge in [0.1, 0.15) is 0 Å². The van der Waals surface area contributed by atoms with Gasteiger partial charge in [0.15, 0.2) is 0 Å². The molecule has 39 heavy (non-hydrogen) atoms. The molecule has 0 rings (SSSR count). The second-order valence-corrected chi connectivity index (χ2v) is 6.84. The van der Waals surface area contributed by atoms with Crippen LogP contribution in [0.2, 0.25) is 0 Å². The second-order valence-electron chi connectivity index (χ2n) is 3.82. The van der Waals surface area contributed by atoms with Gasteiger partial charge in [-0.2, -0.15) is 0 Å². The van der Waals surface area contributed by atoms with E-state index < -0.39 is 41.0 Å². The Bertz CT molecular complexity index is 270. The zero-order valence-corrected chi connectivity index (χ0v) is 28.5. The van der Waals surface area contributed by atoms with Crippen LogP contribution in [0.25, 0.3) is 0 Å². The third kappa shape index (κ3) is 1580. The van der Waals surface area contributed by atoms with Gasteiger partial charge in [0.25, 0.3) is 0 Å². The maximum atomic E-state index is 8.49. The predicted octanol–water partition coefficient (Wildman–Crippen LogP) is -26.4. The van der Waals surface area contributed by atoms with Crippen molar-refractivity contribution in [2.24, 2.45) is 45.9 Å². The zero-order chi connectivity index (χ0) is 31.7. The van der Waals surface area contributed by atoms with Gasteiger partial charge >= 0.3 is 21.1 Å². The molecule has 258 valence electrons. The van der Waals surface area contributed by atoms with E-state index in [0.29, 0.717) is 52.4 Å². The number of hydrogen-bond donors (Lipinski definition) is 8. The molecule has 24 nitrogen and oxygen atoms in total. The van der Waals surface area contributed by atoms with Gasteiger partial charge in [-0.25, -0.2) is 74.5 Å². The molecule has 0 saturated heterocycles. The number of nitrogens with two attached hydrogens (primary N) is 8. The van der Waals surface area contributed by atoms with Gasteiger partial charge in [-0.3, -0.25) is 0 Å². The average Bonchev–Trinajstić information content (AvgIpc) is 2.63.